The maximum Gasteiger partial charge on any atom is 0.245 e. The third-order valence-electron chi connectivity index (χ3n) is 3.57. The lowest BCUT2D eigenvalue weighted by Crippen LogP contribution is -2.31. The molecule has 0 unspecified atom stereocenters. The maximum absolute atomic E-state index is 13.8. The predicted molar refractivity (Wildman–Crippen MR) is 75.9 cm³/mol. The van der Waals surface area contributed by atoms with E-state index in [1.165, 1.54) is 23.5 Å². The van der Waals surface area contributed by atoms with Gasteiger partial charge in [0.2, 0.25) is 10.0 Å². The van der Waals surface area contributed by atoms with Gasteiger partial charge in [0.1, 0.15) is 10.7 Å². The lowest BCUT2D eigenvalue weighted by molar-refractivity contribution is 0.385. The van der Waals surface area contributed by atoms with Gasteiger partial charge in [-0.25, -0.2) is 17.1 Å². The molecule has 0 aliphatic heterocycles. The van der Waals surface area contributed by atoms with E-state index in [0.717, 1.165) is 25.7 Å². The molecule has 3 nitrogen and oxygen atoms in total. The monoisotopic (exact) mass is 349 g/mol. The second kappa shape index (κ2) is 5.89. The van der Waals surface area contributed by atoms with Crippen LogP contribution >= 0.6 is 15.9 Å². The van der Waals surface area contributed by atoms with E-state index in [1.807, 2.05) is 0 Å². The number of benzene rings is 1. The largest absolute Gasteiger partial charge is 0.245 e. The van der Waals surface area contributed by atoms with Crippen LogP contribution in [0.25, 0.3) is 0 Å². The highest BCUT2D eigenvalue weighted by molar-refractivity contribution is 9.10. The van der Waals surface area contributed by atoms with Crippen molar-refractivity contribution in [3.05, 3.63) is 28.5 Å². The predicted octanol–water partition coefficient (Wildman–Crippen LogP) is 3.40. The normalized spacial score (nSPS) is 17.3. The SMILES string of the molecule is CN(CC1CCCC1)S(=O)(=O)c1ccc(Br)cc1F. The molecule has 1 fully saturated rings. The molecule has 1 saturated carbocycles. The van der Waals surface area contributed by atoms with E-state index < -0.39 is 15.8 Å². The topological polar surface area (TPSA) is 37.4 Å². The molecule has 106 valence electrons. The molecule has 0 bridgehead atoms. The fourth-order valence-corrected chi connectivity index (χ4v) is 4.13. The van der Waals surface area contributed by atoms with Gasteiger partial charge in [-0.05, 0) is 37.0 Å². The van der Waals surface area contributed by atoms with Crippen LogP contribution in [0.2, 0.25) is 0 Å². The van der Waals surface area contributed by atoms with E-state index >= 15 is 0 Å². The summed E-state index contributed by atoms with van der Waals surface area (Å²) in [7, 11) is -2.21. The minimum atomic E-state index is -3.74. The van der Waals surface area contributed by atoms with Crippen molar-refractivity contribution in [1.29, 1.82) is 0 Å². The fraction of sp³-hybridized carbons (Fsp3) is 0.538. The average molecular weight is 350 g/mol. The van der Waals surface area contributed by atoms with Gasteiger partial charge in [-0.15, -0.1) is 0 Å². The van der Waals surface area contributed by atoms with Crippen LogP contribution in [0, 0.1) is 11.7 Å². The van der Waals surface area contributed by atoms with Crippen molar-refractivity contribution in [2.75, 3.05) is 13.6 Å². The van der Waals surface area contributed by atoms with Gasteiger partial charge < -0.3 is 0 Å². The summed E-state index contributed by atoms with van der Waals surface area (Å²) < 4.78 is 40.2. The molecule has 0 atom stereocenters. The van der Waals surface area contributed by atoms with Crippen LogP contribution in [0.15, 0.2) is 27.6 Å². The lowest BCUT2D eigenvalue weighted by Gasteiger charge is -2.21. The molecular formula is C13H17BrFNO2S. The maximum atomic E-state index is 13.8. The van der Waals surface area contributed by atoms with Crippen LogP contribution in [-0.2, 0) is 10.0 Å². The van der Waals surface area contributed by atoms with Crippen LogP contribution in [0.3, 0.4) is 0 Å². The van der Waals surface area contributed by atoms with E-state index in [1.54, 1.807) is 6.07 Å². The third-order valence-corrected chi connectivity index (χ3v) is 5.92. The van der Waals surface area contributed by atoms with Crippen molar-refractivity contribution >= 4 is 26.0 Å². The molecule has 2 rings (SSSR count). The molecule has 1 aliphatic rings. The summed E-state index contributed by atoms with van der Waals surface area (Å²) in [6, 6.07) is 4.02. The van der Waals surface area contributed by atoms with Gasteiger partial charge in [0.25, 0.3) is 0 Å². The molecule has 0 aromatic heterocycles. The first kappa shape index (κ1) is 14.9. The minimum Gasteiger partial charge on any atom is -0.207 e. The van der Waals surface area contributed by atoms with Crippen LogP contribution in [0.1, 0.15) is 25.7 Å². The van der Waals surface area contributed by atoms with E-state index in [9.17, 15) is 12.8 Å². The molecule has 0 saturated heterocycles. The Balaban J connectivity index is 2.20. The quantitative estimate of drug-likeness (QED) is 0.835. The van der Waals surface area contributed by atoms with Gasteiger partial charge >= 0.3 is 0 Å². The van der Waals surface area contributed by atoms with Crippen molar-refractivity contribution in [3.63, 3.8) is 0 Å². The lowest BCUT2D eigenvalue weighted by atomic mass is 10.1. The smallest absolute Gasteiger partial charge is 0.207 e. The third kappa shape index (κ3) is 3.35. The number of rotatable bonds is 4. The number of sulfonamides is 1. The number of hydrogen-bond donors (Lipinski definition) is 0. The molecule has 1 aromatic carbocycles. The van der Waals surface area contributed by atoms with Gasteiger partial charge in [-0.1, -0.05) is 28.8 Å². The van der Waals surface area contributed by atoms with E-state index in [4.69, 9.17) is 0 Å². The van der Waals surface area contributed by atoms with Gasteiger partial charge in [0.05, 0.1) is 0 Å². The summed E-state index contributed by atoms with van der Waals surface area (Å²) in [5.74, 6) is -0.314. The molecule has 1 aromatic rings. The van der Waals surface area contributed by atoms with Gasteiger partial charge in [-0.3, -0.25) is 0 Å². The Bertz CT molecular complexity index is 556. The summed E-state index contributed by atoms with van der Waals surface area (Å²) in [5.41, 5.74) is 0. The Morgan fingerprint density at radius 2 is 2.00 bits per heavy atom. The Morgan fingerprint density at radius 3 is 2.58 bits per heavy atom. The summed E-state index contributed by atoms with van der Waals surface area (Å²) in [6.45, 7) is 0.470. The average Bonchev–Trinajstić information content (AvgIpc) is 2.81. The first-order valence-electron chi connectivity index (χ1n) is 6.32. The van der Waals surface area contributed by atoms with Gasteiger partial charge in [0, 0.05) is 18.1 Å². The molecule has 0 N–H and O–H groups in total. The Morgan fingerprint density at radius 1 is 1.37 bits per heavy atom. The van der Waals surface area contributed by atoms with Crippen molar-refractivity contribution in [2.24, 2.45) is 5.92 Å². The molecule has 6 heteroatoms. The molecule has 19 heavy (non-hydrogen) atoms. The van der Waals surface area contributed by atoms with E-state index in [2.05, 4.69) is 15.9 Å². The van der Waals surface area contributed by atoms with Crippen LogP contribution in [-0.4, -0.2) is 26.3 Å². The number of nitrogens with zero attached hydrogens (tertiary/aromatic N) is 1. The first-order valence-corrected chi connectivity index (χ1v) is 8.56. The summed E-state index contributed by atoms with van der Waals surface area (Å²) in [4.78, 5) is -0.254. The molecule has 0 heterocycles. The van der Waals surface area contributed by atoms with Crippen molar-refractivity contribution in [2.45, 2.75) is 30.6 Å². The first-order chi connectivity index (χ1) is 8.91. The van der Waals surface area contributed by atoms with E-state index in [-0.39, 0.29) is 4.90 Å². The zero-order valence-electron chi connectivity index (χ0n) is 10.8. The van der Waals surface area contributed by atoms with Crippen LogP contribution in [0.4, 0.5) is 4.39 Å². The molecule has 0 spiro atoms. The number of hydrogen-bond acceptors (Lipinski definition) is 2. The van der Waals surface area contributed by atoms with E-state index in [0.29, 0.717) is 16.9 Å². The highest BCUT2D eigenvalue weighted by Crippen LogP contribution is 2.28. The molecule has 1 aliphatic carbocycles. The Kier molecular flexibility index (Phi) is 4.63. The molecule has 0 radical (unpaired) electrons. The second-order valence-electron chi connectivity index (χ2n) is 5.01. The van der Waals surface area contributed by atoms with Gasteiger partial charge in [-0.2, -0.15) is 0 Å². The Labute approximate surface area is 122 Å². The standard InChI is InChI=1S/C13H17BrFNO2S/c1-16(9-10-4-2-3-5-10)19(17,18)13-7-6-11(14)8-12(13)15/h6-8,10H,2-5,9H2,1H3. The molecular weight excluding hydrogens is 333 g/mol. The van der Waals surface area contributed by atoms with Crippen molar-refractivity contribution < 1.29 is 12.8 Å². The Hall–Kier alpha value is -0.460. The van der Waals surface area contributed by atoms with Crippen LogP contribution in [0.5, 0.6) is 0 Å². The van der Waals surface area contributed by atoms with Crippen molar-refractivity contribution in [3.8, 4) is 0 Å². The summed E-state index contributed by atoms with van der Waals surface area (Å²) in [6.07, 6.45) is 4.43. The van der Waals surface area contributed by atoms with Crippen molar-refractivity contribution in [1.82, 2.24) is 4.31 Å². The highest BCUT2D eigenvalue weighted by Gasteiger charge is 2.27. The van der Waals surface area contributed by atoms with Gasteiger partial charge in [0.15, 0.2) is 0 Å². The molecule has 0 amide bonds. The summed E-state index contributed by atoms with van der Waals surface area (Å²) >= 11 is 3.12. The summed E-state index contributed by atoms with van der Waals surface area (Å²) in [5, 5.41) is 0. The zero-order chi connectivity index (χ0) is 14.0. The second-order valence-corrected chi connectivity index (χ2v) is 7.94. The minimum absolute atomic E-state index is 0.254. The van der Waals surface area contributed by atoms with Crippen LogP contribution < -0.4 is 0 Å². The highest BCUT2D eigenvalue weighted by atomic mass is 79.9. The fourth-order valence-electron chi connectivity index (χ4n) is 2.51. The number of halogens is 2. The zero-order valence-corrected chi connectivity index (χ0v) is 13.2.